The van der Waals surface area contributed by atoms with E-state index in [4.69, 9.17) is 45.0 Å². The van der Waals surface area contributed by atoms with E-state index in [-0.39, 0.29) is 32.6 Å². The number of nitrogens with zero attached hydrogens (tertiary/aromatic N) is 3. The second-order valence-corrected chi connectivity index (χ2v) is 26.1. The largest absolute Gasteiger partial charge is 0.456 e. The number of hydrogen-bond acceptors (Lipinski definition) is 5. The Balaban J connectivity index is 1.13. The Bertz CT molecular complexity index is 5050. The molecule has 0 bridgehead atoms. The van der Waals surface area contributed by atoms with Crippen molar-refractivity contribution in [2.45, 2.75) is 78.6 Å². The lowest BCUT2D eigenvalue weighted by atomic mass is 9.34. The highest BCUT2D eigenvalue weighted by Crippen LogP contribution is 2.52. The first-order chi connectivity index (χ1) is 40.2. The fourth-order valence-electron chi connectivity index (χ4n) is 13.3. The Morgan fingerprint density at radius 3 is 1.76 bits per heavy atom. The summed E-state index contributed by atoms with van der Waals surface area (Å²) in [7, 11) is 27.6. The van der Waals surface area contributed by atoms with Crippen LogP contribution in [-0.4, -0.2) is 42.7 Å². The molecule has 6 nitrogen and oxygen atoms in total. The van der Waals surface area contributed by atoms with Crippen molar-refractivity contribution < 1.29 is 13.6 Å². The third-order valence-electron chi connectivity index (χ3n) is 17.8. The van der Waals surface area contributed by atoms with Gasteiger partial charge >= 0.3 is 0 Å². The van der Waals surface area contributed by atoms with Crippen LogP contribution in [-0.2, 0) is 16.2 Å². The first-order valence-electron chi connectivity index (χ1n) is 28.7. The van der Waals surface area contributed by atoms with Crippen LogP contribution in [0.25, 0.3) is 93.6 Å². The smallest absolute Gasteiger partial charge is 0.261 e. The summed E-state index contributed by atoms with van der Waals surface area (Å²) < 4.78 is 24.2. The quantitative estimate of drug-likeness (QED) is 0.164. The number of ether oxygens (including phenoxy) is 1. The van der Waals surface area contributed by atoms with Crippen molar-refractivity contribution in [3.63, 3.8) is 0 Å². The highest BCUT2D eigenvalue weighted by atomic mass is 16.5. The summed E-state index contributed by atoms with van der Waals surface area (Å²) >= 11 is 0. The number of hydrogen-bond donors (Lipinski definition) is 0. The third-order valence-corrected chi connectivity index (χ3v) is 17.8. The molecule has 8 radical (unpaired) electrons. The lowest BCUT2D eigenvalue weighted by Gasteiger charge is -2.41. The SMILES string of the molecule is [B]c1c([B])c([B])c2c(c1[B])c1cc(C#N)ccc1n2-c1ccc2c(c1)N(c1ccc(C(C)(C)C)cc1-c1ccccc1)c1cc(-c3cc(C(C)(C)C)cc(C(C)(C)C)c3)cc3c1B2c1c(c2oc4ccccc4c2c2c1oc1ccccc12)O3. The van der Waals surface area contributed by atoms with Crippen LogP contribution in [0, 0.1) is 11.3 Å². The molecule has 0 amide bonds. The lowest BCUT2D eigenvalue weighted by molar-refractivity contribution is 0.481. The van der Waals surface area contributed by atoms with Crippen LogP contribution in [0.3, 0.4) is 0 Å². The molecule has 0 unspecified atom stereocenters. The highest BCUT2D eigenvalue weighted by molar-refractivity contribution is 7.01. The van der Waals surface area contributed by atoms with E-state index >= 15 is 0 Å². The van der Waals surface area contributed by atoms with Crippen LogP contribution in [0.15, 0.2) is 173 Å². The molecule has 0 fully saturated rings. The summed E-state index contributed by atoms with van der Waals surface area (Å²) in [5, 5.41) is 15.5. The van der Waals surface area contributed by atoms with Crippen molar-refractivity contribution in [1.82, 2.24) is 4.57 Å². The van der Waals surface area contributed by atoms with Gasteiger partial charge in [0.2, 0.25) is 0 Å². The predicted octanol–water partition coefficient (Wildman–Crippen LogP) is 13.3. The maximum atomic E-state index is 10.3. The van der Waals surface area contributed by atoms with E-state index in [2.05, 4.69) is 199 Å². The second kappa shape index (κ2) is 18.0. The standard InChI is InChI=1S/C73H54B5N3O3/c1-71(2,3)42-24-28-51(48(35-42)39-17-11-10-12-18-39)81-53-36-45(80-52-27-23-38(37-79)29-49(52)60-61(74)62(75)63(76)64(77)67(60)80)25-26-50(53)78-65-54(81)32-41(40-30-43(72(4,5)6)34-44(31-40)73(7,8)9)33-57(65)84-70-66(78)68-58(46-19-13-15-21-55(46)82-68)59-47-20-14-16-22-56(47)83-69(59)70/h10-36H,1-9H3. The molecule has 0 saturated heterocycles. The minimum absolute atomic E-state index is 0.155. The molecule has 10 aromatic carbocycles. The highest BCUT2D eigenvalue weighted by Gasteiger charge is 2.47. The zero-order valence-electron chi connectivity index (χ0n) is 48.5. The molecule has 2 aliphatic heterocycles. The molecular weight excluding hydrogens is 1020 g/mol. The van der Waals surface area contributed by atoms with Crippen molar-refractivity contribution >= 4 is 159 Å². The maximum Gasteiger partial charge on any atom is 0.261 e. The topological polar surface area (TPSA) is 67.5 Å². The number of fused-ring (bicyclic) bond motifs is 16. The number of nitriles is 1. The second-order valence-electron chi connectivity index (χ2n) is 26.1. The molecule has 0 N–H and O–H groups in total. The van der Waals surface area contributed by atoms with Crippen molar-refractivity contribution in [1.29, 1.82) is 5.26 Å². The van der Waals surface area contributed by atoms with Gasteiger partial charge in [-0.25, -0.2) is 0 Å². The van der Waals surface area contributed by atoms with Gasteiger partial charge in [0.05, 0.1) is 22.8 Å². The van der Waals surface area contributed by atoms with Crippen molar-refractivity contribution in [3.8, 4) is 45.5 Å². The summed E-state index contributed by atoms with van der Waals surface area (Å²) in [6, 6.07) is 60.4. The molecule has 394 valence electrons. The summed E-state index contributed by atoms with van der Waals surface area (Å²) in [4.78, 5) is 2.44. The fraction of sp³-hybridized carbons (Fsp3) is 0.164. The van der Waals surface area contributed by atoms with Gasteiger partial charge in [-0.1, -0.05) is 170 Å². The molecule has 2 aliphatic rings. The van der Waals surface area contributed by atoms with Gasteiger partial charge in [0.1, 0.15) is 53.9 Å². The van der Waals surface area contributed by atoms with Crippen molar-refractivity contribution in [2.75, 3.05) is 4.90 Å². The van der Waals surface area contributed by atoms with Crippen LogP contribution in [0.4, 0.5) is 17.1 Å². The van der Waals surface area contributed by atoms with Gasteiger partial charge in [-0.05, 0) is 133 Å². The average molecular weight is 1080 g/mol. The molecule has 0 atom stereocenters. The summed E-state index contributed by atoms with van der Waals surface area (Å²) in [6.45, 7) is 20.0. The van der Waals surface area contributed by atoms with Gasteiger partial charge in [-0.15, -0.1) is 10.9 Å². The van der Waals surface area contributed by atoms with E-state index < -0.39 is 6.71 Å². The minimum Gasteiger partial charge on any atom is -0.456 e. The van der Waals surface area contributed by atoms with Crippen LogP contribution in [0.2, 0.25) is 0 Å². The summed E-state index contributed by atoms with van der Waals surface area (Å²) in [6.07, 6.45) is 0. The number of rotatable bonds is 4. The number of aromatic nitrogens is 1. The Hall–Kier alpha value is -8.99. The zero-order chi connectivity index (χ0) is 58.2. The van der Waals surface area contributed by atoms with E-state index in [9.17, 15) is 5.26 Å². The number of anilines is 3. The molecule has 15 rings (SSSR count). The third kappa shape index (κ3) is 7.55. The fourth-order valence-corrected chi connectivity index (χ4v) is 13.3. The number of benzene rings is 10. The molecule has 0 spiro atoms. The molecular formula is C73H54B5N3O3. The van der Waals surface area contributed by atoms with E-state index in [1.165, 1.54) is 16.7 Å². The van der Waals surface area contributed by atoms with Crippen LogP contribution >= 0.6 is 0 Å². The Morgan fingerprint density at radius 1 is 0.476 bits per heavy atom. The predicted molar refractivity (Wildman–Crippen MR) is 354 cm³/mol. The van der Waals surface area contributed by atoms with E-state index in [1.54, 1.807) is 0 Å². The van der Waals surface area contributed by atoms with Crippen LogP contribution in [0.1, 0.15) is 84.6 Å². The van der Waals surface area contributed by atoms with Crippen molar-refractivity contribution in [3.05, 3.63) is 186 Å². The zero-order valence-corrected chi connectivity index (χ0v) is 48.5. The molecule has 0 saturated carbocycles. The molecule has 3 aromatic heterocycles. The molecule has 13 aromatic rings. The normalized spacial score (nSPS) is 13.3. The maximum absolute atomic E-state index is 10.3. The van der Waals surface area contributed by atoms with E-state index in [0.717, 1.165) is 116 Å². The molecule has 0 aliphatic carbocycles. The Labute approximate surface area is 494 Å². The first kappa shape index (κ1) is 51.9. The first-order valence-corrected chi connectivity index (χ1v) is 28.7. The number of furan rings is 2. The average Bonchev–Trinajstić information content (AvgIpc) is 1.29. The van der Waals surface area contributed by atoms with Gasteiger partial charge in [0, 0.05) is 60.5 Å². The van der Waals surface area contributed by atoms with Gasteiger partial charge in [0.15, 0.2) is 11.3 Å². The van der Waals surface area contributed by atoms with Crippen LogP contribution < -0.4 is 47.9 Å². The van der Waals surface area contributed by atoms with E-state index in [1.807, 2.05) is 42.5 Å². The minimum atomic E-state index is -0.457. The van der Waals surface area contributed by atoms with E-state index in [0.29, 0.717) is 33.3 Å². The van der Waals surface area contributed by atoms with Crippen molar-refractivity contribution in [2.24, 2.45) is 0 Å². The van der Waals surface area contributed by atoms with Crippen LogP contribution in [0.5, 0.6) is 11.5 Å². The summed E-state index contributed by atoms with van der Waals surface area (Å²) in [5.41, 5.74) is 19.6. The van der Waals surface area contributed by atoms with Gasteiger partial charge in [0.25, 0.3) is 6.71 Å². The van der Waals surface area contributed by atoms with Gasteiger partial charge < -0.3 is 23.0 Å². The lowest BCUT2D eigenvalue weighted by Crippen LogP contribution is -2.59. The molecule has 84 heavy (non-hydrogen) atoms. The van der Waals surface area contributed by atoms with Gasteiger partial charge in [-0.3, -0.25) is 0 Å². The molecule has 5 heterocycles. The van der Waals surface area contributed by atoms with Gasteiger partial charge in [-0.2, -0.15) is 5.26 Å². The molecule has 11 heteroatoms. The number of para-hydroxylation sites is 2. The summed E-state index contributed by atoms with van der Waals surface area (Å²) in [5.74, 6) is 1.33. The monoisotopic (exact) mass is 1080 g/mol. The Morgan fingerprint density at radius 2 is 1.10 bits per heavy atom. The Kier molecular flexibility index (Phi) is 11.1.